The van der Waals surface area contributed by atoms with E-state index in [1.807, 2.05) is 31.2 Å². The van der Waals surface area contributed by atoms with Crippen LogP contribution in [0.3, 0.4) is 0 Å². The van der Waals surface area contributed by atoms with Crippen molar-refractivity contribution in [2.24, 2.45) is 0 Å². The molecular weight excluding hydrogens is 369 g/mol. The SMILES string of the molecule is CC1Nc2cc(Cl)c(-c3ccc(NC(=O)c4ccncc4F)cc3)cc2O1. The molecule has 1 amide bonds. The number of pyridine rings is 1. The number of aromatic nitrogens is 1. The summed E-state index contributed by atoms with van der Waals surface area (Å²) in [6.07, 6.45) is 2.28. The maximum absolute atomic E-state index is 13.7. The second-order valence-electron chi connectivity index (χ2n) is 6.12. The van der Waals surface area contributed by atoms with Gasteiger partial charge in [0.1, 0.15) is 5.75 Å². The first-order valence-corrected chi connectivity index (χ1v) is 8.67. The van der Waals surface area contributed by atoms with Gasteiger partial charge in [-0.15, -0.1) is 0 Å². The topological polar surface area (TPSA) is 63.2 Å². The molecule has 3 aromatic rings. The van der Waals surface area contributed by atoms with Crippen LogP contribution in [0, 0.1) is 5.82 Å². The fourth-order valence-electron chi connectivity index (χ4n) is 2.91. The van der Waals surface area contributed by atoms with Crippen molar-refractivity contribution in [3.8, 4) is 16.9 Å². The zero-order valence-corrected chi connectivity index (χ0v) is 15.0. The molecule has 0 fully saturated rings. The van der Waals surface area contributed by atoms with E-state index in [1.54, 1.807) is 12.1 Å². The zero-order chi connectivity index (χ0) is 19.0. The molecule has 1 unspecified atom stereocenters. The maximum atomic E-state index is 13.7. The van der Waals surface area contributed by atoms with Gasteiger partial charge in [0.15, 0.2) is 12.0 Å². The van der Waals surface area contributed by atoms with Crippen molar-refractivity contribution in [3.63, 3.8) is 0 Å². The van der Waals surface area contributed by atoms with Gasteiger partial charge in [-0.3, -0.25) is 9.78 Å². The third-order valence-electron chi connectivity index (χ3n) is 4.20. The number of carbonyl (C=O) groups excluding carboxylic acids is 1. The van der Waals surface area contributed by atoms with Crippen molar-refractivity contribution in [3.05, 3.63) is 71.3 Å². The number of halogens is 2. The lowest BCUT2D eigenvalue weighted by Gasteiger charge is -2.09. The maximum Gasteiger partial charge on any atom is 0.258 e. The molecule has 0 saturated carbocycles. The number of anilines is 2. The molecule has 2 N–H and O–H groups in total. The highest BCUT2D eigenvalue weighted by atomic mass is 35.5. The van der Waals surface area contributed by atoms with Gasteiger partial charge < -0.3 is 15.4 Å². The zero-order valence-electron chi connectivity index (χ0n) is 14.3. The minimum atomic E-state index is -0.667. The van der Waals surface area contributed by atoms with Crippen LogP contribution >= 0.6 is 11.6 Å². The molecule has 0 aliphatic carbocycles. The van der Waals surface area contributed by atoms with Crippen molar-refractivity contribution in [1.82, 2.24) is 4.98 Å². The van der Waals surface area contributed by atoms with Gasteiger partial charge in [-0.05, 0) is 42.8 Å². The number of nitrogens with zero attached hydrogens (tertiary/aromatic N) is 1. The average Bonchev–Trinajstić information content (AvgIpc) is 3.01. The van der Waals surface area contributed by atoms with Gasteiger partial charge in [0.2, 0.25) is 0 Å². The largest absolute Gasteiger partial charge is 0.469 e. The van der Waals surface area contributed by atoms with Gasteiger partial charge in [-0.1, -0.05) is 23.7 Å². The Morgan fingerprint density at radius 2 is 2.04 bits per heavy atom. The molecule has 7 heteroatoms. The number of hydrogen-bond acceptors (Lipinski definition) is 4. The first kappa shape index (κ1) is 17.3. The van der Waals surface area contributed by atoms with E-state index in [2.05, 4.69) is 15.6 Å². The summed E-state index contributed by atoms with van der Waals surface area (Å²) in [5, 5.41) is 6.44. The summed E-state index contributed by atoms with van der Waals surface area (Å²) in [7, 11) is 0. The minimum Gasteiger partial charge on any atom is -0.469 e. The van der Waals surface area contributed by atoms with Gasteiger partial charge >= 0.3 is 0 Å². The van der Waals surface area contributed by atoms with Crippen LogP contribution in [0.5, 0.6) is 5.75 Å². The Hall–Kier alpha value is -3.12. The van der Waals surface area contributed by atoms with E-state index in [9.17, 15) is 9.18 Å². The molecule has 0 spiro atoms. The predicted molar refractivity (Wildman–Crippen MR) is 103 cm³/mol. The molecule has 2 heterocycles. The molecule has 2 aromatic carbocycles. The van der Waals surface area contributed by atoms with Gasteiger partial charge in [0, 0.05) is 17.4 Å². The van der Waals surface area contributed by atoms with Crippen LogP contribution in [0.1, 0.15) is 17.3 Å². The number of nitrogens with one attached hydrogen (secondary N) is 2. The fraction of sp³-hybridized carbons (Fsp3) is 0.100. The number of fused-ring (bicyclic) bond motifs is 1. The number of amides is 1. The summed E-state index contributed by atoms with van der Waals surface area (Å²) in [5.74, 6) is -0.460. The summed E-state index contributed by atoms with van der Waals surface area (Å²) in [6, 6.07) is 12.2. The number of benzene rings is 2. The Balaban J connectivity index is 1.56. The monoisotopic (exact) mass is 383 g/mol. The van der Waals surface area contributed by atoms with Gasteiger partial charge in [0.05, 0.1) is 22.5 Å². The molecule has 0 saturated heterocycles. The molecular formula is C20H15ClFN3O2. The summed E-state index contributed by atoms with van der Waals surface area (Å²) in [4.78, 5) is 15.8. The van der Waals surface area contributed by atoms with Gasteiger partial charge in [-0.2, -0.15) is 0 Å². The van der Waals surface area contributed by atoms with Crippen LogP contribution in [0.4, 0.5) is 15.8 Å². The normalized spacial score (nSPS) is 14.9. The molecule has 1 aromatic heterocycles. The van der Waals surface area contributed by atoms with Gasteiger partial charge in [-0.25, -0.2) is 4.39 Å². The Kier molecular flexibility index (Phi) is 4.41. The lowest BCUT2D eigenvalue weighted by atomic mass is 10.0. The van der Waals surface area contributed by atoms with E-state index in [1.165, 1.54) is 12.3 Å². The van der Waals surface area contributed by atoms with E-state index in [0.29, 0.717) is 10.7 Å². The van der Waals surface area contributed by atoms with E-state index in [0.717, 1.165) is 28.8 Å². The molecule has 27 heavy (non-hydrogen) atoms. The highest BCUT2D eigenvalue weighted by molar-refractivity contribution is 6.33. The Labute approximate surface area is 160 Å². The third-order valence-corrected chi connectivity index (χ3v) is 4.52. The first-order valence-electron chi connectivity index (χ1n) is 8.29. The summed E-state index contributed by atoms with van der Waals surface area (Å²) in [6.45, 7) is 1.91. The standard InChI is InChI=1S/C20H15ClFN3O2/c1-11-24-18-9-16(21)15(8-19(18)27-11)12-2-4-13(5-3-12)25-20(26)14-6-7-23-10-17(14)22/h2-11,24H,1H3,(H,25,26). The lowest BCUT2D eigenvalue weighted by molar-refractivity contribution is 0.102. The van der Waals surface area contributed by atoms with E-state index >= 15 is 0 Å². The number of carbonyl (C=O) groups is 1. The van der Waals surface area contributed by atoms with Crippen LogP contribution in [-0.4, -0.2) is 17.1 Å². The van der Waals surface area contributed by atoms with Crippen molar-refractivity contribution in [2.75, 3.05) is 10.6 Å². The molecule has 1 aliphatic rings. The van der Waals surface area contributed by atoms with E-state index in [4.69, 9.17) is 16.3 Å². The second-order valence-corrected chi connectivity index (χ2v) is 6.53. The molecule has 136 valence electrons. The van der Waals surface area contributed by atoms with Gasteiger partial charge in [0.25, 0.3) is 5.91 Å². The van der Waals surface area contributed by atoms with E-state index < -0.39 is 11.7 Å². The number of hydrogen-bond donors (Lipinski definition) is 2. The van der Waals surface area contributed by atoms with Crippen LogP contribution in [-0.2, 0) is 0 Å². The highest BCUT2D eigenvalue weighted by Crippen LogP contribution is 2.40. The molecule has 0 bridgehead atoms. The van der Waals surface area contributed by atoms with Crippen LogP contribution in [0.25, 0.3) is 11.1 Å². The van der Waals surface area contributed by atoms with Crippen molar-refractivity contribution in [1.29, 1.82) is 0 Å². The minimum absolute atomic E-state index is 0.0606. The third kappa shape index (κ3) is 3.44. The molecule has 4 rings (SSSR count). The van der Waals surface area contributed by atoms with Crippen LogP contribution in [0.2, 0.25) is 5.02 Å². The predicted octanol–water partition coefficient (Wildman–Crippen LogP) is 4.94. The van der Waals surface area contributed by atoms with E-state index in [-0.39, 0.29) is 11.8 Å². The number of ether oxygens (including phenoxy) is 1. The second kappa shape index (κ2) is 6.89. The molecule has 1 aliphatic heterocycles. The Morgan fingerprint density at radius 3 is 2.78 bits per heavy atom. The molecule has 5 nitrogen and oxygen atoms in total. The summed E-state index contributed by atoms with van der Waals surface area (Å²) >= 11 is 6.40. The van der Waals surface area contributed by atoms with Crippen molar-refractivity contribution in [2.45, 2.75) is 13.2 Å². The van der Waals surface area contributed by atoms with Crippen molar-refractivity contribution < 1.29 is 13.9 Å². The lowest BCUT2D eigenvalue weighted by Crippen LogP contribution is -2.13. The van der Waals surface area contributed by atoms with Crippen molar-refractivity contribution >= 4 is 28.9 Å². The summed E-state index contributed by atoms with van der Waals surface area (Å²) < 4.78 is 19.3. The smallest absolute Gasteiger partial charge is 0.258 e. The molecule has 0 radical (unpaired) electrons. The fourth-order valence-corrected chi connectivity index (χ4v) is 3.19. The Morgan fingerprint density at radius 1 is 1.26 bits per heavy atom. The quantitative estimate of drug-likeness (QED) is 0.672. The van der Waals surface area contributed by atoms with Crippen LogP contribution < -0.4 is 15.4 Å². The Bertz CT molecular complexity index is 1020. The number of rotatable bonds is 3. The molecule has 1 atom stereocenters. The van der Waals surface area contributed by atoms with Crippen LogP contribution in [0.15, 0.2) is 54.9 Å². The first-order chi connectivity index (χ1) is 13.0. The highest BCUT2D eigenvalue weighted by Gasteiger charge is 2.20. The summed E-state index contributed by atoms with van der Waals surface area (Å²) in [5.41, 5.74) is 3.04. The average molecular weight is 384 g/mol.